The van der Waals surface area contributed by atoms with Crippen molar-refractivity contribution >= 4 is 32.8 Å². The Morgan fingerprint density at radius 1 is 1.00 bits per heavy atom. The molecule has 0 atom stereocenters. The Balaban J connectivity index is 2.11. The van der Waals surface area contributed by atoms with Gasteiger partial charge < -0.3 is 4.90 Å². The van der Waals surface area contributed by atoms with Crippen LogP contribution in [-0.4, -0.2) is 26.4 Å². The third kappa shape index (κ3) is 4.32. The van der Waals surface area contributed by atoms with Crippen molar-refractivity contribution < 1.29 is 26.5 Å². The van der Waals surface area contributed by atoms with E-state index in [1.165, 1.54) is 0 Å². The first-order chi connectivity index (χ1) is 13.5. The monoisotopic (exact) mass is 448 g/mol. The molecule has 29 heavy (non-hydrogen) atoms. The molecule has 0 saturated carbocycles. The van der Waals surface area contributed by atoms with Crippen LogP contribution in [0.1, 0.15) is 24.8 Å². The van der Waals surface area contributed by atoms with Gasteiger partial charge in [-0.25, -0.2) is 8.42 Å². The average Bonchev–Trinajstić information content (AvgIpc) is 2.67. The van der Waals surface area contributed by atoms with Gasteiger partial charge in [0.1, 0.15) is 5.69 Å². The number of nitro groups is 1. The van der Waals surface area contributed by atoms with Gasteiger partial charge in [0.05, 0.1) is 25.3 Å². The molecular formula is C18H16ClF3N2O4S. The number of alkyl halides is 3. The standard InChI is InChI=1S/C18H16ClF3N2O4S/c19-15-6-4-12(10-14(15)18(20,21)22)29(27,28)13-5-7-16(24(25)26)17(11-13)23-8-2-1-3-9-23/h4-7,10-11H,1-3,8-9H2. The molecule has 0 radical (unpaired) electrons. The minimum absolute atomic E-state index is 0.140. The van der Waals surface area contributed by atoms with E-state index < -0.39 is 36.4 Å². The molecule has 1 aliphatic rings. The number of halogens is 4. The van der Waals surface area contributed by atoms with Crippen molar-refractivity contribution in [3.63, 3.8) is 0 Å². The summed E-state index contributed by atoms with van der Waals surface area (Å²) in [6, 6.07) is 5.57. The molecule has 1 heterocycles. The molecule has 156 valence electrons. The highest BCUT2D eigenvalue weighted by molar-refractivity contribution is 7.91. The fourth-order valence-corrected chi connectivity index (χ4v) is 4.77. The highest BCUT2D eigenvalue weighted by Gasteiger charge is 2.35. The maximum atomic E-state index is 13.1. The molecule has 0 bridgehead atoms. The van der Waals surface area contributed by atoms with E-state index in [-0.39, 0.29) is 16.3 Å². The van der Waals surface area contributed by atoms with Crippen LogP contribution in [0.25, 0.3) is 0 Å². The lowest BCUT2D eigenvalue weighted by Crippen LogP contribution is -2.30. The zero-order chi connectivity index (χ0) is 21.4. The van der Waals surface area contributed by atoms with Gasteiger partial charge in [-0.2, -0.15) is 13.2 Å². The Kier molecular flexibility index (Phi) is 5.77. The lowest BCUT2D eigenvalue weighted by Gasteiger charge is -2.28. The molecule has 3 rings (SSSR count). The van der Waals surface area contributed by atoms with E-state index in [2.05, 4.69) is 0 Å². The molecule has 6 nitrogen and oxygen atoms in total. The summed E-state index contributed by atoms with van der Waals surface area (Å²) in [5, 5.41) is 10.8. The molecule has 0 spiro atoms. The molecule has 11 heteroatoms. The van der Waals surface area contributed by atoms with Crippen LogP contribution in [0, 0.1) is 10.1 Å². The van der Waals surface area contributed by atoms with E-state index in [0.717, 1.165) is 49.6 Å². The van der Waals surface area contributed by atoms with Crippen LogP contribution in [0.15, 0.2) is 46.2 Å². The van der Waals surface area contributed by atoms with Gasteiger partial charge in [0, 0.05) is 19.2 Å². The Bertz CT molecular complexity index is 1050. The Labute approximate surface area is 170 Å². The number of piperidine rings is 1. The molecule has 2 aromatic carbocycles. The van der Waals surface area contributed by atoms with Crippen molar-refractivity contribution in [3.8, 4) is 0 Å². The predicted molar refractivity (Wildman–Crippen MR) is 101 cm³/mol. The van der Waals surface area contributed by atoms with Crippen LogP contribution in [0.5, 0.6) is 0 Å². The van der Waals surface area contributed by atoms with Gasteiger partial charge in [0.15, 0.2) is 0 Å². The fourth-order valence-electron chi connectivity index (χ4n) is 3.24. The topological polar surface area (TPSA) is 80.5 Å². The Morgan fingerprint density at radius 3 is 2.17 bits per heavy atom. The summed E-state index contributed by atoms with van der Waals surface area (Å²) < 4.78 is 65.2. The molecule has 0 unspecified atom stereocenters. The first-order valence-corrected chi connectivity index (χ1v) is 10.5. The molecule has 0 N–H and O–H groups in total. The van der Waals surface area contributed by atoms with Crippen molar-refractivity contribution in [1.29, 1.82) is 0 Å². The second-order valence-electron chi connectivity index (χ2n) is 6.60. The largest absolute Gasteiger partial charge is 0.417 e. The molecular weight excluding hydrogens is 433 g/mol. The van der Waals surface area contributed by atoms with E-state index in [1.807, 2.05) is 0 Å². The second-order valence-corrected chi connectivity index (χ2v) is 8.96. The summed E-state index contributed by atoms with van der Waals surface area (Å²) in [6.45, 7) is 1.06. The highest BCUT2D eigenvalue weighted by Crippen LogP contribution is 2.38. The van der Waals surface area contributed by atoms with Crippen molar-refractivity contribution in [2.45, 2.75) is 35.2 Å². The SMILES string of the molecule is O=[N+]([O-])c1ccc(S(=O)(=O)c2ccc(Cl)c(C(F)(F)F)c2)cc1N1CCCCC1. The molecule has 0 amide bonds. The summed E-state index contributed by atoms with van der Waals surface area (Å²) in [4.78, 5) is 11.6. The van der Waals surface area contributed by atoms with Gasteiger partial charge in [-0.1, -0.05) is 11.6 Å². The molecule has 0 aromatic heterocycles. The summed E-state index contributed by atoms with van der Waals surface area (Å²) in [5.41, 5.74) is -1.38. The lowest BCUT2D eigenvalue weighted by molar-refractivity contribution is -0.384. The maximum absolute atomic E-state index is 13.1. The van der Waals surface area contributed by atoms with Crippen molar-refractivity contribution in [1.82, 2.24) is 0 Å². The van der Waals surface area contributed by atoms with E-state index in [1.54, 1.807) is 4.90 Å². The minimum Gasteiger partial charge on any atom is -0.366 e. The lowest BCUT2D eigenvalue weighted by atomic mass is 10.1. The van der Waals surface area contributed by atoms with Gasteiger partial charge in [-0.3, -0.25) is 10.1 Å². The maximum Gasteiger partial charge on any atom is 0.417 e. The Morgan fingerprint density at radius 2 is 1.59 bits per heavy atom. The van der Waals surface area contributed by atoms with E-state index in [9.17, 15) is 31.7 Å². The van der Waals surface area contributed by atoms with E-state index in [0.29, 0.717) is 19.2 Å². The van der Waals surface area contributed by atoms with Crippen molar-refractivity contribution in [3.05, 3.63) is 57.1 Å². The zero-order valence-electron chi connectivity index (χ0n) is 14.9. The summed E-state index contributed by atoms with van der Waals surface area (Å²) in [7, 11) is -4.35. The van der Waals surface area contributed by atoms with Crippen LogP contribution in [0.3, 0.4) is 0 Å². The van der Waals surface area contributed by atoms with Crippen LogP contribution in [0.2, 0.25) is 5.02 Å². The Hall–Kier alpha value is -2.33. The molecule has 1 fully saturated rings. The summed E-state index contributed by atoms with van der Waals surface area (Å²) in [5.74, 6) is 0. The fraction of sp³-hybridized carbons (Fsp3) is 0.333. The summed E-state index contributed by atoms with van der Waals surface area (Å²) >= 11 is 5.56. The van der Waals surface area contributed by atoms with E-state index in [4.69, 9.17) is 11.6 Å². The van der Waals surface area contributed by atoms with Crippen LogP contribution in [-0.2, 0) is 16.0 Å². The number of nitro benzene ring substituents is 1. The number of hydrogen-bond acceptors (Lipinski definition) is 5. The molecule has 1 saturated heterocycles. The third-order valence-electron chi connectivity index (χ3n) is 4.70. The van der Waals surface area contributed by atoms with Crippen LogP contribution >= 0.6 is 11.6 Å². The number of sulfone groups is 1. The number of anilines is 1. The van der Waals surface area contributed by atoms with Crippen molar-refractivity contribution in [2.24, 2.45) is 0 Å². The summed E-state index contributed by atoms with van der Waals surface area (Å²) in [6.07, 6.45) is -2.25. The molecule has 1 aliphatic heterocycles. The van der Waals surface area contributed by atoms with Crippen molar-refractivity contribution in [2.75, 3.05) is 18.0 Å². The van der Waals surface area contributed by atoms with Gasteiger partial charge in [0.2, 0.25) is 9.84 Å². The van der Waals surface area contributed by atoms with E-state index >= 15 is 0 Å². The average molecular weight is 449 g/mol. The first kappa shape index (κ1) is 21.4. The van der Waals surface area contributed by atoms with Gasteiger partial charge in [0.25, 0.3) is 5.69 Å². The highest BCUT2D eigenvalue weighted by atomic mass is 35.5. The normalized spacial score (nSPS) is 15.4. The van der Waals surface area contributed by atoms with Crippen LogP contribution < -0.4 is 4.90 Å². The van der Waals surface area contributed by atoms with Gasteiger partial charge in [-0.05, 0) is 49.6 Å². The van der Waals surface area contributed by atoms with Gasteiger partial charge >= 0.3 is 6.18 Å². The quantitative estimate of drug-likeness (QED) is 0.480. The minimum atomic E-state index is -4.82. The second kappa shape index (κ2) is 7.83. The zero-order valence-corrected chi connectivity index (χ0v) is 16.5. The number of hydrogen-bond donors (Lipinski definition) is 0. The first-order valence-electron chi connectivity index (χ1n) is 8.67. The third-order valence-corrected chi connectivity index (χ3v) is 6.78. The molecule has 0 aliphatic carbocycles. The number of nitrogens with zero attached hydrogens (tertiary/aromatic N) is 2. The van der Waals surface area contributed by atoms with Gasteiger partial charge in [-0.15, -0.1) is 0 Å². The smallest absolute Gasteiger partial charge is 0.366 e. The predicted octanol–water partition coefficient (Wildman–Crippen LogP) is 5.09. The number of rotatable bonds is 4. The number of benzene rings is 2. The molecule has 2 aromatic rings. The van der Waals surface area contributed by atoms with Crippen LogP contribution in [0.4, 0.5) is 24.5 Å².